The molecule has 14 heavy (non-hydrogen) atoms. The maximum atomic E-state index is 5.78. The minimum absolute atomic E-state index is 0.170. The van der Waals surface area contributed by atoms with Gasteiger partial charge in [-0.05, 0) is 20.3 Å². The van der Waals surface area contributed by atoms with Gasteiger partial charge < -0.3 is 13.3 Å². The Morgan fingerprint density at radius 3 is 2.00 bits per heavy atom. The van der Waals surface area contributed by atoms with Gasteiger partial charge in [0.1, 0.15) is 0 Å². The van der Waals surface area contributed by atoms with E-state index in [4.69, 9.17) is 13.3 Å². The van der Waals surface area contributed by atoms with Crippen molar-refractivity contribution in [3.8, 4) is 0 Å². The van der Waals surface area contributed by atoms with Crippen molar-refractivity contribution in [3.63, 3.8) is 0 Å². The van der Waals surface area contributed by atoms with Crippen molar-refractivity contribution in [2.24, 2.45) is 0 Å². The van der Waals surface area contributed by atoms with E-state index in [0.717, 1.165) is 12.5 Å². The van der Waals surface area contributed by atoms with Gasteiger partial charge in [-0.25, -0.2) is 0 Å². The van der Waals surface area contributed by atoms with Crippen LogP contribution in [0.5, 0.6) is 0 Å². The zero-order valence-corrected chi connectivity index (χ0v) is 11.1. The SMILES string of the molecule is CCCCC[Si](OC)(OC)OC(C)C. The summed E-state index contributed by atoms with van der Waals surface area (Å²) < 4.78 is 16.7. The number of hydrogen-bond acceptors (Lipinski definition) is 3. The summed E-state index contributed by atoms with van der Waals surface area (Å²) in [5.74, 6) is 0. The Hall–Kier alpha value is 0.0969. The Balaban J connectivity index is 4.07. The Labute approximate surface area is 89.1 Å². The van der Waals surface area contributed by atoms with E-state index >= 15 is 0 Å². The van der Waals surface area contributed by atoms with Gasteiger partial charge in [-0.15, -0.1) is 0 Å². The number of rotatable bonds is 8. The minimum Gasteiger partial charge on any atom is -0.377 e. The van der Waals surface area contributed by atoms with E-state index in [1.54, 1.807) is 14.2 Å². The topological polar surface area (TPSA) is 27.7 Å². The van der Waals surface area contributed by atoms with Crippen LogP contribution >= 0.6 is 0 Å². The molecule has 3 nitrogen and oxygen atoms in total. The molecule has 0 aliphatic heterocycles. The molecule has 0 aromatic carbocycles. The number of hydrogen-bond donors (Lipinski definition) is 0. The highest BCUT2D eigenvalue weighted by molar-refractivity contribution is 6.60. The van der Waals surface area contributed by atoms with Crippen LogP contribution in [0.1, 0.15) is 40.0 Å². The lowest BCUT2D eigenvalue weighted by molar-refractivity contribution is 0.0693. The normalized spacial score (nSPS) is 12.4. The summed E-state index contributed by atoms with van der Waals surface area (Å²) in [5.41, 5.74) is 0. The van der Waals surface area contributed by atoms with Gasteiger partial charge in [0.2, 0.25) is 0 Å². The fourth-order valence-electron chi connectivity index (χ4n) is 1.39. The molecule has 0 aromatic heterocycles. The molecule has 0 aliphatic rings. The van der Waals surface area contributed by atoms with E-state index in [1.807, 2.05) is 13.8 Å². The Bertz CT molecular complexity index is 135. The zero-order chi connectivity index (χ0) is 11.0. The van der Waals surface area contributed by atoms with E-state index < -0.39 is 8.80 Å². The summed E-state index contributed by atoms with van der Waals surface area (Å²) in [6.45, 7) is 6.21. The third-order valence-electron chi connectivity index (χ3n) is 2.12. The highest BCUT2D eigenvalue weighted by Gasteiger charge is 2.39. The minimum atomic E-state index is -2.34. The molecule has 0 atom stereocenters. The quantitative estimate of drug-likeness (QED) is 0.465. The molecular weight excluding hydrogens is 196 g/mol. The second kappa shape index (κ2) is 7.40. The summed E-state index contributed by atoms with van der Waals surface area (Å²) in [7, 11) is 1.03. The molecule has 0 saturated heterocycles. The highest BCUT2D eigenvalue weighted by Crippen LogP contribution is 2.19. The van der Waals surface area contributed by atoms with Gasteiger partial charge in [-0.2, -0.15) is 0 Å². The molecule has 4 heteroatoms. The van der Waals surface area contributed by atoms with E-state index in [1.165, 1.54) is 12.8 Å². The molecule has 0 spiro atoms. The van der Waals surface area contributed by atoms with Crippen LogP contribution in [0.2, 0.25) is 6.04 Å². The maximum Gasteiger partial charge on any atom is 0.500 e. The summed E-state index contributed by atoms with van der Waals surface area (Å²) in [6.07, 6.45) is 3.71. The summed E-state index contributed by atoms with van der Waals surface area (Å²) in [6, 6.07) is 0.923. The van der Waals surface area contributed by atoms with Crippen molar-refractivity contribution in [1.82, 2.24) is 0 Å². The van der Waals surface area contributed by atoms with Gasteiger partial charge in [0.15, 0.2) is 0 Å². The van der Waals surface area contributed by atoms with E-state index in [-0.39, 0.29) is 6.10 Å². The molecule has 86 valence electrons. The molecule has 0 N–H and O–H groups in total. The highest BCUT2D eigenvalue weighted by atomic mass is 28.4. The Morgan fingerprint density at radius 1 is 1.07 bits per heavy atom. The predicted octanol–water partition coefficient (Wildman–Crippen LogP) is 2.83. The summed E-state index contributed by atoms with van der Waals surface area (Å²) in [4.78, 5) is 0. The Kier molecular flexibility index (Phi) is 7.45. The average Bonchev–Trinajstić information content (AvgIpc) is 2.16. The first-order valence-corrected chi connectivity index (χ1v) is 7.31. The van der Waals surface area contributed by atoms with Crippen molar-refractivity contribution in [3.05, 3.63) is 0 Å². The van der Waals surface area contributed by atoms with Gasteiger partial charge in [-0.3, -0.25) is 0 Å². The van der Waals surface area contributed by atoms with Gasteiger partial charge in [0.25, 0.3) is 0 Å². The molecule has 0 radical (unpaired) electrons. The molecule has 0 aliphatic carbocycles. The molecule has 0 unspecified atom stereocenters. The predicted molar refractivity (Wildman–Crippen MR) is 60.3 cm³/mol. The van der Waals surface area contributed by atoms with Crippen LogP contribution in [0.15, 0.2) is 0 Å². The van der Waals surface area contributed by atoms with Gasteiger partial charge in [0, 0.05) is 26.4 Å². The monoisotopic (exact) mass is 220 g/mol. The summed E-state index contributed by atoms with van der Waals surface area (Å²) in [5, 5.41) is 0. The lowest BCUT2D eigenvalue weighted by Gasteiger charge is -2.28. The third kappa shape index (κ3) is 5.10. The van der Waals surface area contributed by atoms with Gasteiger partial charge >= 0.3 is 8.80 Å². The van der Waals surface area contributed by atoms with E-state index in [9.17, 15) is 0 Å². The van der Waals surface area contributed by atoms with Crippen molar-refractivity contribution in [2.45, 2.75) is 52.2 Å². The molecule has 0 saturated carbocycles. The molecule has 0 aromatic rings. The van der Waals surface area contributed by atoms with Crippen molar-refractivity contribution >= 4 is 8.80 Å². The zero-order valence-electron chi connectivity index (χ0n) is 10.1. The standard InChI is InChI=1S/C10H24O3Si/c1-6-7-8-9-14(11-4,12-5)13-10(2)3/h10H,6-9H2,1-5H3. The largest absolute Gasteiger partial charge is 0.500 e. The average molecular weight is 220 g/mol. The molecule has 0 fully saturated rings. The smallest absolute Gasteiger partial charge is 0.377 e. The molecule has 0 rings (SSSR count). The Morgan fingerprint density at radius 2 is 1.64 bits per heavy atom. The lowest BCUT2D eigenvalue weighted by atomic mass is 10.3. The van der Waals surface area contributed by atoms with Gasteiger partial charge in [-0.1, -0.05) is 19.8 Å². The lowest BCUT2D eigenvalue weighted by Crippen LogP contribution is -2.45. The maximum absolute atomic E-state index is 5.78. The van der Waals surface area contributed by atoms with Crippen LogP contribution in [-0.2, 0) is 13.3 Å². The van der Waals surface area contributed by atoms with Crippen LogP contribution in [0, 0.1) is 0 Å². The fourth-order valence-corrected chi connectivity index (χ4v) is 3.68. The van der Waals surface area contributed by atoms with Crippen LogP contribution in [0.4, 0.5) is 0 Å². The van der Waals surface area contributed by atoms with E-state index in [0.29, 0.717) is 0 Å². The van der Waals surface area contributed by atoms with Gasteiger partial charge in [0.05, 0.1) is 0 Å². The summed E-state index contributed by atoms with van der Waals surface area (Å²) >= 11 is 0. The molecular formula is C10H24O3Si. The number of unbranched alkanes of at least 4 members (excludes halogenated alkanes) is 2. The molecule has 0 bridgehead atoms. The molecule has 0 heterocycles. The second-order valence-corrected chi connectivity index (χ2v) is 6.63. The van der Waals surface area contributed by atoms with E-state index in [2.05, 4.69) is 6.92 Å². The van der Waals surface area contributed by atoms with Crippen LogP contribution < -0.4 is 0 Å². The first-order chi connectivity index (χ1) is 6.60. The third-order valence-corrected chi connectivity index (χ3v) is 5.16. The van der Waals surface area contributed by atoms with Crippen LogP contribution in [-0.4, -0.2) is 29.1 Å². The first kappa shape index (κ1) is 14.1. The van der Waals surface area contributed by atoms with Crippen LogP contribution in [0.25, 0.3) is 0 Å². The van der Waals surface area contributed by atoms with Crippen LogP contribution in [0.3, 0.4) is 0 Å². The van der Waals surface area contributed by atoms with Crippen molar-refractivity contribution in [2.75, 3.05) is 14.2 Å². The van der Waals surface area contributed by atoms with Crippen molar-refractivity contribution < 1.29 is 13.3 Å². The molecule has 0 amide bonds. The fraction of sp³-hybridized carbons (Fsp3) is 1.00. The first-order valence-electron chi connectivity index (χ1n) is 5.38. The second-order valence-electron chi connectivity index (χ2n) is 3.71. The van der Waals surface area contributed by atoms with Crippen molar-refractivity contribution in [1.29, 1.82) is 0 Å².